The van der Waals surface area contributed by atoms with Gasteiger partial charge in [-0.05, 0) is 31.2 Å². The van der Waals surface area contributed by atoms with Crippen LogP contribution in [0.5, 0.6) is 23.0 Å². The predicted molar refractivity (Wildman–Crippen MR) is 144 cm³/mol. The second-order valence-corrected chi connectivity index (χ2v) is 10.3. The molecule has 0 bridgehead atoms. The summed E-state index contributed by atoms with van der Waals surface area (Å²) in [5.74, 6) is -3.04. The minimum atomic E-state index is -2.03. The standard InChI is InChI=1S/C28H30O16/c1-9-16(30)18(32)21(35)27(40-9)41-12-7-13(29)15-14(8-12)42-23(10-3-5-11(39-2)6-4-10)24(17(15)31)43-28-22(36)19(33)20(34)25(44-28)26(37)38/h3-9,16,18-22,25,27-30,32-36H,1-2H3,(H,37,38)/t9-,16-,18-,19+,20+,21-,22-,25-,27+,28-/m0/s1. The molecule has 3 aromatic rings. The second-order valence-electron chi connectivity index (χ2n) is 10.3. The van der Waals surface area contributed by atoms with Crippen molar-refractivity contribution in [1.82, 2.24) is 0 Å². The van der Waals surface area contributed by atoms with Gasteiger partial charge in [-0.15, -0.1) is 0 Å². The Labute approximate surface area is 247 Å². The van der Waals surface area contributed by atoms with Gasteiger partial charge < -0.3 is 69.0 Å². The van der Waals surface area contributed by atoms with E-state index in [-0.39, 0.29) is 22.7 Å². The number of aliphatic hydroxyl groups is 6. The zero-order valence-corrected chi connectivity index (χ0v) is 23.1. The molecule has 0 saturated carbocycles. The van der Waals surface area contributed by atoms with E-state index < -0.39 is 89.7 Å². The van der Waals surface area contributed by atoms with Crippen molar-refractivity contribution in [2.45, 2.75) is 68.3 Å². The van der Waals surface area contributed by atoms with E-state index >= 15 is 0 Å². The maximum absolute atomic E-state index is 13.8. The lowest BCUT2D eigenvalue weighted by molar-refractivity contribution is -0.271. The van der Waals surface area contributed by atoms with Crippen LogP contribution < -0.4 is 19.6 Å². The number of ether oxygens (including phenoxy) is 5. The van der Waals surface area contributed by atoms with Crippen molar-refractivity contribution in [1.29, 1.82) is 0 Å². The average Bonchev–Trinajstić information content (AvgIpc) is 2.99. The molecule has 0 unspecified atom stereocenters. The first-order valence-corrected chi connectivity index (χ1v) is 13.3. The van der Waals surface area contributed by atoms with Gasteiger partial charge in [-0.3, -0.25) is 4.79 Å². The summed E-state index contributed by atoms with van der Waals surface area (Å²) in [4.78, 5) is 25.4. The number of rotatable bonds is 7. The normalized spacial score (nSPS) is 32.3. The summed E-state index contributed by atoms with van der Waals surface area (Å²) in [7, 11) is 1.43. The zero-order chi connectivity index (χ0) is 32.0. The van der Waals surface area contributed by atoms with E-state index in [2.05, 4.69) is 0 Å². The van der Waals surface area contributed by atoms with Crippen molar-refractivity contribution in [3.63, 3.8) is 0 Å². The molecule has 2 aliphatic rings. The van der Waals surface area contributed by atoms with Gasteiger partial charge in [0.15, 0.2) is 11.9 Å². The lowest BCUT2D eigenvalue weighted by atomic mass is 9.99. The van der Waals surface area contributed by atoms with Gasteiger partial charge >= 0.3 is 5.97 Å². The van der Waals surface area contributed by atoms with Gasteiger partial charge in [0.25, 0.3) is 0 Å². The summed E-state index contributed by atoms with van der Waals surface area (Å²) in [6.07, 6.45) is -17.1. The topological polar surface area (TPSA) is 255 Å². The number of phenolic OH excluding ortho intramolecular Hbond substituents is 1. The Morgan fingerprint density at radius 1 is 0.795 bits per heavy atom. The fourth-order valence-electron chi connectivity index (χ4n) is 4.88. The van der Waals surface area contributed by atoms with E-state index in [0.717, 1.165) is 6.07 Å². The first kappa shape index (κ1) is 31.4. The number of hydrogen-bond acceptors (Lipinski definition) is 15. The second kappa shape index (κ2) is 12.2. The number of carboxylic acid groups (broad SMARTS) is 1. The highest BCUT2D eigenvalue weighted by Gasteiger charge is 2.49. The van der Waals surface area contributed by atoms with Gasteiger partial charge in [-0.2, -0.15) is 0 Å². The SMILES string of the molecule is COc1ccc(-c2oc3cc(O[C@H]4O[C@@H](C)[C@H](O)[C@H](O)[C@@H]4O)cc(O)c3c(=O)c2O[C@H]2O[C@H](C(=O)O)[C@H](O)[C@@H](O)[C@@H]2O)cc1. The quantitative estimate of drug-likeness (QED) is 0.152. The highest BCUT2D eigenvalue weighted by molar-refractivity contribution is 5.88. The number of methoxy groups -OCH3 is 1. The van der Waals surface area contributed by atoms with Crippen LogP contribution in [-0.2, 0) is 14.3 Å². The predicted octanol–water partition coefficient (Wildman–Crippen LogP) is -1.35. The molecule has 0 radical (unpaired) electrons. The third-order valence-corrected chi connectivity index (χ3v) is 7.37. The Kier molecular flexibility index (Phi) is 8.70. The molecule has 8 N–H and O–H groups in total. The number of hydrogen-bond donors (Lipinski definition) is 8. The first-order valence-electron chi connectivity index (χ1n) is 13.3. The summed E-state index contributed by atoms with van der Waals surface area (Å²) in [6.45, 7) is 1.45. The van der Waals surface area contributed by atoms with Crippen LogP contribution in [0.3, 0.4) is 0 Å². The Bertz CT molecular complexity index is 1570. The molecule has 10 atom stereocenters. The summed E-state index contributed by atoms with van der Waals surface area (Å²) >= 11 is 0. The first-order chi connectivity index (χ1) is 20.8. The van der Waals surface area contributed by atoms with Crippen molar-refractivity contribution < 1.29 is 73.7 Å². The molecule has 2 aliphatic heterocycles. The highest BCUT2D eigenvalue weighted by Crippen LogP contribution is 2.38. The highest BCUT2D eigenvalue weighted by atomic mass is 16.7. The van der Waals surface area contributed by atoms with Crippen LogP contribution in [0.15, 0.2) is 45.6 Å². The Hall–Kier alpha value is -4.00. The van der Waals surface area contributed by atoms with E-state index in [1.54, 1.807) is 0 Å². The third-order valence-electron chi connectivity index (χ3n) is 7.37. The van der Waals surface area contributed by atoms with Gasteiger partial charge in [-0.25, -0.2) is 4.79 Å². The zero-order valence-electron chi connectivity index (χ0n) is 23.1. The number of carboxylic acids is 1. The van der Waals surface area contributed by atoms with Crippen molar-refractivity contribution in [3.05, 3.63) is 46.6 Å². The van der Waals surface area contributed by atoms with Crippen molar-refractivity contribution in [3.8, 4) is 34.3 Å². The molecular weight excluding hydrogens is 592 g/mol. The van der Waals surface area contributed by atoms with Crippen LogP contribution in [0.2, 0.25) is 0 Å². The lowest BCUT2D eigenvalue weighted by Gasteiger charge is -2.38. The molecule has 16 nitrogen and oxygen atoms in total. The minimum absolute atomic E-state index is 0.167. The number of phenols is 1. The van der Waals surface area contributed by atoms with Gasteiger partial charge in [-0.1, -0.05) is 0 Å². The van der Waals surface area contributed by atoms with Crippen molar-refractivity contribution >= 4 is 16.9 Å². The lowest BCUT2D eigenvalue weighted by Crippen LogP contribution is -2.61. The van der Waals surface area contributed by atoms with Crippen LogP contribution in [0.1, 0.15) is 6.92 Å². The van der Waals surface area contributed by atoms with E-state index in [0.29, 0.717) is 5.75 Å². The molecule has 2 saturated heterocycles. The van der Waals surface area contributed by atoms with Crippen LogP contribution in [0.4, 0.5) is 0 Å². The molecule has 0 spiro atoms. The third kappa shape index (κ3) is 5.64. The number of fused-ring (bicyclic) bond motifs is 1. The van der Waals surface area contributed by atoms with Crippen LogP contribution in [0, 0.1) is 0 Å². The largest absolute Gasteiger partial charge is 0.507 e. The molecule has 44 heavy (non-hydrogen) atoms. The molecule has 2 fully saturated rings. The Morgan fingerprint density at radius 2 is 1.41 bits per heavy atom. The number of aliphatic carboxylic acids is 1. The smallest absolute Gasteiger partial charge is 0.335 e. The van der Waals surface area contributed by atoms with E-state index in [4.69, 9.17) is 28.1 Å². The monoisotopic (exact) mass is 622 g/mol. The van der Waals surface area contributed by atoms with Gasteiger partial charge in [0.2, 0.25) is 23.8 Å². The van der Waals surface area contributed by atoms with Crippen LogP contribution in [-0.4, -0.2) is 115 Å². The summed E-state index contributed by atoms with van der Waals surface area (Å²) in [5.41, 5.74) is -1.06. The van der Waals surface area contributed by atoms with Crippen molar-refractivity contribution in [2.75, 3.05) is 7.11 Å². The van der Waals surface area contributed by atoms with Crippen LogP contribution >= 0.6 is 0 Å². The maximum atomic E-state index is 13.8. The number of carbonyl (C=O) groups is 1. The number of benzene rings is 2. The maximum Gasteiger partial charge on any atom is 0.335 e. The Balaban J connectivity index is 1.60. The molecule has 0 aliphatic carbocycles. The number of aromatic hydroxyl groups is 1. The Morgan fingerprint density at radius 3 is 2.02 bits per heavy atom. The molecular formula is C28H30O16. The van der Waals surface area contributed by atoms with E-state index in [1.165, 1.54) is 44.4 Å². The molecule has 5 rings (SSSR count). The molecule has 0 amide bonds. The molecule has 238 valence electrons. The molecule has 16 heteroatoms. The fraction of sp³-hybridized carbons (Fsp3) is 0.429. The molecule has 3 heterocycles. The van der Waals surface area contributed by atoms with E-state index in [1.807, 2.05) is 0 Å². The summed E-state index contributed by atoms with van der Waals surface area (Å²) in [5, 5.41) is 80.9. The average molecular weight is 623 g/mol. The number of aliphatic hydroxyl groups excluding tert-OH is 6. The molecule has 2 aromatic carbocycles. The summed E-state index contributed by atoms with van der Waals surface area (Å²) < 4.78 is 32.9. The summed E-state index contributed by atoms with van der Waals surface area (Å²) in [6, 6.07) is 8.17. The molecule has 1 aromatic heterocycles. The van der Waals surface area contributed by atoms with Gasteiger partial charge in [0, 0.05) is 17.7 Å². The van der Waals surface area contributed by atoms with Gasteiger partial charge in [0.05, 0.1) is 13.2 Å². The van der Waals surface area contributed by atoms with Crippen LogP contribution in [0.25, 0.3) is 22.3 Å². The van der Waals surface area contributed by atoms with Gasteiger partial charge in [0.1, 0.15) is 64.8 Å². The van der Waals surface area contributed by atoms with Crippen molar-refractivity contribution in [2.24, 2.45) is 0 Å². The minimum Gasteiger partial charge on any atom is -0.507 e. The fourth-order valence-corrected chi connectivity index (χ4v) is 4.88. The van der Waals surface area contributed by atoms with E-state index in [9.17, 15) is 50.4 Å².